The van der Waals surface area contributed by atoms with Crippen molar-refractivity contribution in [1.29, 1.82) is 5.26 Å². The van der Waals surface area contributed by atoms with Crippen molar-refractivity contribution in [2.45, 2.75) is 32.9 Å². The molecule has 0 aliphatic heterocycles. The van der Waals surface area contributed by atoms with Gasteiger partial charge in [0.25, 0.3) is 0 Å². The molecule has 86 valence electrons. The number of halogens is 1. The molecule has 0 radical (unpaired) electrons. The van der Waals surface area contributed by atoms with Gasteiger partial charge in [0.1, 0.15) is 0 Å². The van der Waals surface area contributed by atoms with E-state index in [1.807, 2.05) is 6.07 Å². The summed E-state index contributed by atoms with van der Waals surface area (Å²) in [5.74, 6) is 0. The number of aromatic nitrogens is 1. The minimum atomic E-state index is 0.397. The van der Waals surface area contributed by atoms with Crippen LogP contribution in [0.5, 0.6) is 0 Å². The summed E-state index contributed by atoms with van der Waals surface area (Å²) in [5.41, 5.74) is 0.944. The van der Waals surface area contributed by atoms with Gasteiger partial charge in [0.05, 0.1) is 11.8 Å². The van der Waals surface area contributed by atoms with Crippen LogP contribution in [0.1, 0.15) is 26.0 Å². The van der Waals surface area contributed by atoms with Crippen LogP contribution in [0.2, 0.25) is 5.02 Å². The highest BCUT2D eigenvalue weighted by Crippen LogP contribution is 2.11. The first-order valence-corrected chi connectivity index (χ1v) is 5.72. The predicted molar refractivity (Wildman–Crippen MR) is 65.0 cm³/mol. The first-order valence-electron chi connectivity index (χ1n) is 5.35. The second-order valence-electron chi connectivity index (χ2n) is 3.94. The van der Waals surface area contributed by atoms with E-state index in [0.29, 0.717) is 17.5 Å². The van der Waals surface area contributed by atoms with Crippen molar-refractivity contribution in [3.8, 4) is 6.07 Å². The molecule has 0 aromatic carbocycles. The molecule has 4 heteroatoms. The fourth-order valence-electron chi connectivity index (χ4n) is 1.46. The molecule has 16 heavy (non-hydrogen) atoms. The third kappa shape index (κ3) is 4.18. The maximum Gasteiger partial charge on any atom is 0.0635 e. The molecule has 0 saturated heterocycles. The van der Waals surface area contributed by atoms with Crippen molar-refractivity contribution in [3.63, 3.8) is 0 Å². The highest BCUT2D eigenvalue weighted by Gasteiger charge is 2.10. The van der Waals surface area contributed by atoms with Gasteiger partial charge in [0.15, 0.2) is 0 Å². The third-order valence-electron chi connectivity index (χ3n) is 2.38. The van der Waals surface area contributed by atoms with Crippen molar-refractivity contribution in [2.75, 3.05) is 6.54 Å². The van der Waals surface area contributed by atoms with Gasteiger partial charge in [-0.3, -0.25) is 9.88 Å². The maximum atomic E-state index is 8.59. The Morgan fingerprint density at radius 2 is 2.31 bits per heavy atom. The van der Waals surface area contributed by atoms with Crippen LogP contribution in [-0.4, -0.2) is 22.5 Å². The molecule has 0 saturated carbocycles. The van der Waals surface area contributed by atoms with Gasteiger partial charge < -0.3 is 0 Å². The van der Waals surface area contributed by atoms with E-state index in [1.54, 1.807) is 12.3 Å². The molecule has 1 heterocycles. The molecule has 1 aromatic rings. The fourth-order valence-corrected chi connectivity index (χ4v) is 1.64. The molecule has 0 fully saturated rings. The number of hydrogen-bond donors (Lipinski definition) is 0. The molecule has 1 rings (SSSR count). The van der Waals surface area contributed by atoms with E-state index in [1.165, 1.54) is 0 Å². The molecule has 0 bridgehead atoms. The Bertz CT molecular complexity index is 371. The molecule has 0 amide bonds. The van der Waals surface area contributed by atoms with Crippen LogP contribution >= 0.6 is 11.6 Å². The molecule has 0 aliphatic rings. The zero-order valence-electron chi connectivity index (χ0n) is 9.65. The third-order valence-corrected chi connectivity index (χ3v) is 2.62. The van der Waals surface area contributed by atoms with Gasteiger partial charge in [-0.2, -0.15) is 5.26 Å². The SMILES string of the molecule is CC(C)N(CCC#N)Cc1cc(Cl)ccn1. The lowest BCUT2D eigenvalue weighted by molar-refractivity contribution is 0.215. The molecule has 0 unspecified atom stereocenters. The van der Waals surface area contributed by atoms with Crippen LogP contribution in [0, 0.1) is 11.3 Å². The van der Waals surface area contributed by atoms with Crippen LogP contribution in [0.3, 0.4) is 0 Å². The lowest BCUT2D eigenvalue weighted by Crippen LogP contribution is -2.31. The van der Waals surface area contributed by atoms with Crippen molar-refractivity contribution < 1.29 is 0 Å². The van der Waals surface area contributed by atoms with Crippen LogP contribution in [0.25, 0.3) is 0 Å². The van der Waals surface area contributed by atoms with E-state index in [2.05, 4.69) is 29.8 Å². The lowest BCUT2D eigenvalue weighted by Gasteiger charge is -2.24. The quantitative estimate of drug-likeness (QED) is 0.791. The lowest BCUT2D eigenvalue weighted by atomic mass is 10.2. The van der Waals surface area contributed by atoms with E-state index in [9.17, 15) is 0 Å². The zero-order valence-corrected chi connectivity index (χ0v) is 10.4. The minimum Gasteiger partial charge on any atom is -0.294 e. The van der Waals surface area contributed by atoms with Crippen LogP contribution in [-0.2, 0) is 6.54 Å². The van der Waals surface area contributed by atoms with Crippen LogP contribution in [0.15, 0.2) is 18.3 Å². The largest absolute Gasteiger partial charge is 0.294 e. The summed E-state index contributed by atoms with van der Waals surface area (Å²) >= 11 is 5.90. The molecule has 0 N–H and O–H groups in total. The van der Waals surface area contributed by atoms with Gasteiger partial charge in [0, 0.05) is 36.8 Å². The summed E-state index contributed by atoms with van der Waals surface area (Å²) in [6, 6.07) is 6.19. The average molecular weight is 238 g/mol. The number of nitriles is 1. The summed E-state index contributed by atoms with van der Waals surface area (Å²) in [6.45, 7) is 5.73. The monoisotopic (exact) mass is 237 g/mol. The Labute approximate surface area is 102 Å². The van der Waals surface area contributed by atoms with Gasteiger partial charge in [-0.05, 0) is 26.0 Å². The molecule has 0 aliphatic carbocycles. The van der Waals surface area contributed by atoms with E-state index in [-0.39, 0.29) is 0 Å². The first kappa shape index (κ1) is 13.0. The molecular weight excluding hydrogens is 222 g/mol. The fraction of sp³-hybridized carbons (Fsp3) is 0.500. The number of nitrogens with zero attached hydrogens (tertiary/aromatic N) is 3. The summed E-state index contributed by atoms with van der Waals surface area (Å²) < 4.78 is 0. The summed E-state index contributed by atoms with van der Waals surface area (Å²) in [7, 11) is 0. The second kappa shape index (κ2) is 6.47. The highest BCUT2D eigenvalue weighted by atomic mass is 35.5. The molecular formula is C12H16ClN3. The Morgan fingerprint density at radius 1 is 1.56 bits per heavy atom. The standard InChI is InChI=1S/C12H16ClN3/c1-10(2)16(7-3-5-14)9-12-8-11(13)4-6-15-12/h4,6,8,10H,3,7,9H2,1-2H3. The van der Waals surface area contributed by atoms with Gasteiger partial charge >= 0.3 is 0 Å². The molecule has 0 spiro atoms. The normalized spacial score (nSPS) is 10.8. The minimum absolute atomic E-state index is 0.397. The van der Waals surface area contributed by atoms with Crippen molar-refractivity contribution in [3.05, 3.63) is 29.0 Å². The summed E-state index contributed by atoms with van der Waals surface area (Å²) in [4.78, 5) is 6.47. The van der Waals surface area contributed by atoms with Crippen molar-refractivity contribution in [2.24, 2.45) is 0 Å². The van der Waals surface area contributed by atoms with E-state index < -0.39 is 0 Å². The Morgan fingerprint density at radius 3 is 2.88 bits per heavy atom. The summed E-state index contributed by atoms with van der Waals surface area (Å²) in [5, 5.41) is 9.30. The first-order chi connectivity index (χ1) is 7.63. The number of hydrogen-bond acceptors (Lipinski definition) is 3. The van der Waals surface area contributed by atoms with E-state index >= 15 is 0 Å². The molecule has 3 nitrogen and oxygen atoms in total. The Kier molecular flexibility index (Phi) is 5.24. The van der Waals surface area contributed by atoms with Crippen LogP contribution < -0.4 is 0 Å². The second-order valence-corrected chi connectivity index (χ2v) is 4.37. The van der Waals surface area contributed by atoms with Gasteiger partial charge in [-0.15, -0.1) is 0 Å². The van der Waals surface area contributed by atoms with Gasteiger partial charge in [0.2, 0.25) is 0 Å². The molecule has 1 aromatic heterocycles. The average Bonchev–Trinajstić information content (AvgIpc) is 2.24. The van der Waals surface area contributed by atoms with Gasteiger partial charge in [-0.1, -0.05) is 11.6 Å². The van der Waals surface area contributed by atoms with Gasteiger partial charge in [-0.25, -0.2) is 0 Å². The predicted octanol–water partition coefficient (Wildman–Crippen LogP) is 2.86. The topological polar surface area (TPSA) is 39.9 Å². The van der Waals surface area contributed by atoms with Crippen LogP contribution in [0.4, 0.5) is 0 Å². The number of rotatable bonds is 5. The smallest absolute Gasteiger partial charge is 0.0635 e. The van der Waals surface area contributed by atoms with E-state index in [4.69, 9.17) is 16.9 Å². The zero-order chi connectivity index (χ0) is 12.0. The maximum absolute atomic E-state index is 8.59. The Balaban J connectivity index is 2.64. The summed E-state index contributed by atoms with van der Waals surface area (Å²) in [6.07, 6.45) is 2.25. The Hall–Kier alpha value is -1.11. The van der Waals surface area contributed by atoms with E-state index in [0.717, 1.165) is 18.8 Å². The van der Waals surface area contributed by atoms with Crippen molar-refractivity contribution >= 4 is 11.6 Å². The highest BCUT2D eigenvalue weighted by molar-refractivity contribution is 6.30. The number of pyridine rings is 1. The molecule has 0 atom stereocenters. The van der Waals surface area contributed by atoms with Crippen molar-refractivity contribution in [1.82, 2.24) is 9.88 Å².